The van der Waals surface area contributed by atoms with Crippen LogP contribution in [0.3, 0.4) is 0 Å². The number of hydrogen-bond donors (Lipinski definition) is 0. The molecule has 0 unspecified atom stereocenters. The molecule has 17 heavy (non-hydrogen) atoms. The highest BCUT2D eigenvalue weighted by atomic mass is 32.1. The molecule has 1 aliphatic rings. The van der Waals surface area contributed by atoms with Gasteiger partial charge in [0.2, 0.25) is 0 Å². The summed E-state index contributed by atoms with van der Waals surface area (Å²) in [5.74, 6) is 0. The van der Waals surface area contributed by atoms with Gasteiger partial charge < -0.3 is 0 Å². The van der Waals surface area contributed by atoms with Gasteiger partial charge in [-0.2, -0.15) is 5.26 Å². The molecule has 1 heterocycles. The monoisotopic (exact) mass is 248 g/mol. The molecular formula is C14H20N2S. The second-order valence-corrected chi connectivity index (χ2v) is 6.52. The molecule has 1 saturated carbocycles. The molecule has 0 aromatic carbocycles. The molecule has 2 nitrogen and oxygen atoms in total. The summed E-state index contributed by atoms with van der Waals surface area (Å²) in [4.78, 5) is 5.89. The predicted octanol–water partition coefficient (Wildman–Crippen LogP) is 4.17. The Hall–Kier alpha value is -0.880. The molecular weight excluding hydrogens is 228 g/mol. The fraction of sp³-hybridized carbons (Fsp3) is 0.714. The van der Waals surface area contributed by atoms with Gasteiger partial charge in [-0.15, -0.1) is 11.3 Å². The van der Waals surface area contributed by atoms with Crippen LogP contribution in [0.1, 0.15) is 54.1 Å². The number of hydrogen-bond acceptors (Lipinski definition) is 3. The quantitative estimate of drug-likeness (QED) is 0.737. The fourth-order valence-corrected chi connectivity index (χ4v) is 3.72. The van der Waals surface area contributed by atoms with E-state index in [1.165, 1.54) is 30.6 Å². The van der Waals surface area contributed by atoms with Gasteiger partial charge in [0.1, 0.15) is 0 Å². The number of nitrogens with zero attached hydrogens (tertiary/aromatic N) is 2. The van der Waals surface area contributed by atoms with Gasteiger partial charge in [-0.1, -0.05) is 25.7 Å². The summed E-state index contributed by atoms with van der Waals surface area (Å²) < 4.78 is 0. The molecule has 2 rings (SSSR count). The van der Waals surface area contributed by atoms with Crippen molar-refractivity contribution in [2.45, 2.75) is 58.8 Å². The summed E-state index contributed by atoms with van der Waals surface area (Å²) >= 11 is 1.77. The Balaban J connectivity index is 2.16. The molecule has 1 fully saturated rings. The highest BCUT2D eigenvalue weighted by Crippen LogP contribution is 2.38. The molecule has 0 spiro atoms. The van der Waals surface area contributed by atoms with E-state index in [4.69, 9.17) is 0 Å². The van der Waals surface area contributed by atoms with Gasteiger partial charge >= 0.3 is 0 Å². The zero-order valence-corrected chi connectivity index (χ0v) is 11.6. The van der Waals surface area contributed by atoms with Crippen molar-refractivity contribution >= 4 is 11.3 Å². The molecule has 0 bridgehead atoms. The third-order valence-electron chi connectivity index (χ3n) is 3.86. The van der Waals surface area contributed by atoms with Gasteiger partial charge in [0.15, 0.2) is 0 Å². The van der Waals surface area contributed by atoms with E-state index >= 15 is 0 Å². The highest BCUT2D eigenvalue weighted by Gasteiger charge is 2.32. The second-order valence-electron chi connectivity index (χ2n) is 5.23. The van der Waals surface area contributed by atoms with E-state index in [0.29, 0.717) is 0 Å². The minimum absolute atomic E-state index is 0.132. The van der Waals surface area contributed by atoms with Crippen LogP contribution in [-0.2, 0) is 6.42 Å². The maximum absolute atomic E-state index is 9.53. The van der Waals surface area contributed by atoms with E-state index in [1.54, 1.807) is 11.3 Å². The van der Waals surface area contributed by atoms with Crippen molar-refractivity contribution in [2.24, 2.45) is 5.41 Å². The molecule has 0 saturated heterocycles. The lowest BCUT2D eigenvalue weighted by Gasteiger charge is -2.23. The zero-order chi connectivity index (χ0) is 12.3. The summed E-state index contributed by atoms with van der Waals surface area (Å²) in [6, 6.07) is 2.60. The third kappa shape index (κ3) is 2.87. The number of thiazole rings is 1. The van der Waals surface area contributed by atoms with Crippen LogP contribution in [0, 0.1) is 30.6 Å². The lowest BCUT2D eigenvalue weighted by atomic mass is 9.79. The molecule has 0 aliphatic heterocycles. The zero-order valence-electron chi connectivity index (χ0n) is 10.8. The van der Waals surface area contributed by atoms with Gasteiger partial charge in [0.25, 0.3) is 0 Å². The first-order chi connectivity index (χ1) is 8.15. The van der Waals surface area contributed by atoms with E-state index in [1.807, 2.05) is 0 Å². The summed E-state index contributed by atoms with van der Waals surface area (Å²) in [5.41, 5.74) is 1.000. The molecule has 92 valence electrons. The fourth-order valence-electron chi connectivity index (χ4n) is 2.64. The Morgan fingerprint density at radius 3 is 2.35 bits per heavy atom. The number of aromatic nitrogens is 1. The maximum atomic E-state index is 9.53. The average Bonchev–Trinajstić information content (AvgIpc) is 2.54. The van der Waals surface area contributed by atoms with Crippen LogP contribution >= 0.6 is 11.3 Å². The van der Waals surface area contributed by atoms with Crippen molar-refractivity contribution in [3.8, 4) is 6.07 Å². The Morgan fingerprint density at radius 1 is 1.24 bits per heavy atom. The van der Waals surface area contributed by atoms with Crippen molar-refractivity contribution in [3.05, 3.63) is 15.6 Å². The maximum Gasteiger partial charge on any atom is 0.0946 e. The van der Waals surface area contributed by atoms with Gasteiger partial charge in [-0.25, -0.2) is 4.98 Å². The van der Waals surface area contributed by atoms with Crippen molar-refractivity contribution in [1.29, 1.82) is 5.26 Å². The van der Waals surface area contributed by atoms with Gasteiger partial charge in [0.05, 0.1) is 22.2 Å². The lowest BCUT2D eigenvalue weighted by Crippen LogP contribution is -2.20. The van der Waals surface area contributed by atoms with Crippen LogP contribution in [0.4, 0.5) is 0 Å². The van der Waals surface area contributed by atoms with Crippen LogP contribution in [0.2, 0.25) is 0 Å². The van der Waals surface area contributed by atoms with Crippen molar-refractivity contribution < 1.29 is 0 Å². The third-order valence-corrected chi connectivity index (χ3v) is 4.93. The summed E-state index contributed by atoms with van der Waals surface area (Å²) in [6.07, 6.45) is 7.97. The second kappa shape index (κ2) is 5.18. The van der Waals surface area contributed by atoms with Crippen molar-refractivity contribution in [3.63, 3.8) is 0 Å². The Morgan fingerprint density at radius 2 is 1.88 bits per heavy atom. The van der Waals surface area contributed by atoms with Crippen LogP contribution in [0.5, 0.6) is 0 Å². The smallest absolute Gasteiger partial charge is 0.0946 e. The normalized spacial score (nSPS) is 19.6. The van der Waals surface area contributed by atoms with Crippen molar-refractivity contribution in [2.75, 3.05) is 0 Å². The van der Waals surface area contributed by atoms with E-state index in [9.17, 15) is 5.26 Å². The average molecular weight is 248 g/mol. The summed E-state index contributed by atoms with van der Waals surface area (Å²) in [6.45, 7) is 4.17. The molecule has 0 atom stereocenters. The molecule has 3 heteroatoms. The largest absolute Gasteiger partial charge is 0.246 e. The topological polar surface area (TPSA) is 36.7 Å². The molecule has 0 amide bonds. The number of nitriles is 1. The lowest BCUT2D eigenvalue weighted by molar-refractivity contribution is 0.338. The number of rotatable bonds is 2. The Labute approximate surface area is 108 Å². The minimum atomic E-state index is -0.132. The van der Waals surface area contributed by atoms with E-state index in [2.05, 4.69) is 24.9 Å². The molecule has 1 aromatic heterocycles. The highest BCUT2D eigenvalue weighted by molar-refractivity contribution is 7.11. The molecule has 1 aromatic rings. The Kier molecular flexibility index (Phi) is 3.83. The van der Waals surface area contributed by atoms with Crippen LogP contribution in [0.25, 0.3) is 0 Å². The van der Waals surface area contributed by atoms with E-state index < -0.39 is 0 Å². The van der Waals surface area contributed by atoms with E-state index in [0.717, 1.165) is 30.0 Å². The SMILES string of the molecule is Cc1nc(CC2(C#N)CCCCCC2)sc1C. The van der Waals surface area contributed by atoms with Crippen LogP contribution in [0.15, 0.2) is 0 Å². The summed E-state index contributed by atoms with van der Waals surface area (Å²) in [7, 11) is 0. The molecule has 1 aliphatic carbocycles. The van der Waals surface area contributed by atoms with Gasteiger partial charge in [-0.05, 0) is 26.7 Å². The first kappa shape index (κ1) is 12.6. The van der Waals surface area contributed by atoms with Crippen molar-refractivity contribution in [1.82, 2.24) is 4.98 Å². The van der Waals surface area contributed by atoms with Crippen LogP contribution < -0.4 is 0 Å². The molecule has 0 radical (unpaired) electrons. The predicted molar refractivity (Wildman–Crippen MR) is 71.0 cm³/mol. The standard InChI is InChI=1S/C14H20N2S/c1-11-12(2)17-13(16-11)9-14(10-15)7-5-3-4-6-8-14/h3-9H2,1-2H3. The number of aryl methyl sites for hydroxylation is 2. The Bertz CT molecular complexity index is 400. The summed E-state index contributed by atoms with van der Waals surface area (Å²) in [5, 5.41) is 10.7. The minimum Gasteiger partial charge on any atom is -0.246 e. The first-order valence-corrected chi connectivity index (χ1v) is 7.31. The van der Waals surface area contributed by atoms with Gasteiger partial charge in [-0.3, -0.25) is 0 Å². The van der Waals surface area contributed by atoms with Gasteiger partial charge in [0, 0.05) is 11.3 Å². The molecule has 0 N–H and O–H groups in total. The van der Waals surface area contributed by atoms with E-state index in [-0.39, 0.29) is 5.41 Å². The first-order valence-electron chi connectivity index (χ1n) is 6.49. The van der Waals surface area contributed by atoms with Crippen LogP contribution in [-0.4, -0.2) is 4.98 Å².